The molecule has 1 unspecified atom stereocenters. The van der Waals surface area contributed by atoms with E-state index in [0.717, 1.165) is 0 Å². The van der Waals surface area contributed by atoms with Crippen LogP contribution in [0.5, 0.6) is 5.75 Å². The van der Waals surface area contributed by atoms with Gasteiger partial charge in [0.1, 0.15) is 5.75 Å². The summed E-state index contributed by atoms with van der Waals surface area (Å²) in [6.07, 6.45) is 1.12. The van der Waals surface area contributed by atoms with Gasteiger partial charge in [-0.05, 0) is 45.4 Å². The Hall–Kier alpha value is -0.970. The minimum absolute atomic E-state index is 0. The Morgan fingerprint density at radius 1 is 1.40 bits per heavy atom. The smallest absolute Gasteiger partial charge is 0.224 e. The van der Waals surface area contributed by atoms with E-state index in [4.69, 9.17) is 22.1 Å². The molecule has 114 valence electrons. The van der Waals surface area contributed by atoms with Gasteiger partial charge in [0.05, 0.1) is 11.1 Å². The van der Waals surface area contributed by atoms with Crippen molar-refractivity contribution in [1.82, 2.24) is 0 Å². The minimum atomic E-state index is -0.0640. The van der Waals surface area contributed by atoms with Crippen LogP contribution in [0, 0.1) is 0 Å². The maximum Gasteiger partial charge on any atom is 0.224 e. The second-order valence-electron chi connectivity index (χ2n) is 4.88. The maximum absolute atomic E-state index is 11.6. The molecular weight excluding hydrogens is 299 g/mol. The van der Waals surface area contributed by atoms with Crippen molar-refractivity contribution in [2.45, 2.75) is 45.8 Å². The van der Waals surface area contributed by atoms with Crippen molar-refractivity contribution in [2.75, 3.05) is 5.32 Å². The predicted octanol–water partition coefficient (Wildman–Crippen LogP) is 3.61. The van der Waals surface area contributed by atoms with Crippen LogP contribution in [-0.2, 0) is 4.79 Å². The van der Waals surface area contributed by atoms with Crippen LogP contribution in [-0.4, -0.2) is 18.1 Å². The van der Waals surface area contributed by atoms with Crippen LogP contribution in [0.25, 0.3) is 0 Å². The number of anilines is 1. The van der Waals surface area contributed by atoms with E-state index < -0.39 is 0 Å². The van der Waals surface area contributed by atoms with Crippen molar-refractivity contribution >= 4 is 35.6 Å². The Labute approximate surface area is 131 Å². The minimum Gasteiger partial charge on any atom is -0.489 e. The Morgan fingerprint density at radius 2 is 2.05 bits per heavy atom. The summed E-state index contributed by atoms with van der Waals surface area (Å²) in [6, 6.07) is 5.23. The first-order valence-electron chi connectivity index (χ1n) is 6.40. The predicted molar refractivity (Wildman–Crippen MR) is 86.0 cm³/mol. The van der Waals surface area contributed by atoms with Gasteiger partial charge in [0.2, 0.25) is 5.91 Å². The van der Waals surface area contributed by atoms with Gasteiger partial charge in [-0.15, -0.1) is 12.4 Å². The van der Waals surface area contributed by atoms with Crippen LogP contribution in [0.3, 0.4) is 0 Å². The number of carbonyl (C=O) groups excluding carboxylic acids is 1. The van der Waals surface area contributed by atoms with Gasteiger partial charge >= 0.3 is 0 Å². The molecule has 0 radical (unpaired) electrons. The van der Waals surface area contributed by atoms with Crippen molar-refractivity contribution < 1.29 is 9.53 Å². The number of ether oxygens (including phenoxy) is 1. The quantitative estimate of drug-likeness (QED) is 0.841. The average molecular weight is 321 g/mol. The van der Waals surface area contributed by atoms with Crippen LogP contribution >= 0.6 is 24.0 Å². The van der Waals surface area contributed by atoms with Gasteiger partial charge in [0.25, 0.3) is 0 Å². The van der Waals surface area contributed by atoms with Crippen molar-refractivity contribution in [3.8, 4) is 5.75 Å². The van der Waals surface area contributed by atoms with Crippen LogP contribution < -0.4 is 15.8 Å². The summed E-state index contributed by atoms with van der Waals surface area (Å²) in [4.78, 5) is 11.6. The molecule has 0 aromatic heterocycles. The van der Waals surface area contributed by atoms with Crippen molar-refractivity contribution in [3.05, 3.63) is 23.2 Å². The fourth-order valence-corrected chi connectivity index (χ4v) is 1.74. The molecule has 0 bridgehead atoms. The first kappa shape index (κ1) is 19.0. The molecule has 0 aliphatic carbocycles. The third-order valence-electron chi connectivity index (χ3n) is 2.41. The van der Waals surface area contributed by atoms with Gasteiger partial charge in [-0.1, -0.05) is 11.6 Å². The summed E-state index contributed by atoms with van der Waals surface area (Å²) in [6.45, 7) is 5.74. The number of hydrogen-bond acceptors (Lipinski definition) is 3. The van der Waals surface area contributed by atoms with E-state index in [1.807, 2.05) is 20.8 Å². The molecule has 0 saturated heterocycles. The zero-order chi connectivity index (χ0) is 14.4. The van der Waals surface area contributed by atoms with Crippen molar-refractivity contribution in [1.29, 1.82) is 0 Å². The normalized spacial score (nSPS) is 11.7. The van der Waals surface area contributed by atoms with E-state index in [1.165, 1.54) is 0 Å². The molecule has 1 rings (SSSR count). The maximum atomic E-state index is 11.6. The molecule has 3 N–H and O–H groups in total. The zero-order valence-corrected chi connectivity index (χ0v) is 13.6. The molecule has 20 heavy (non-hydrogen) atoms. The standard InChI is InChI=1S/C14H21ClN2O2.ClH/c1-9(2)19-13-6-5-11(8-12(13)15)17-14(18)7-4-10(3)16;/h5-6,8-10H,4,7,16H2,1-3H3,(H,17,18);1H. The molecule has 0 spiro atoms. The highest BCUT2D eigenvalue weighted by Gasteiger charge is 2.08. The summed E-state index contributed by atoms with van der Waals surface area (Å²) in [7, 11) is 0. The molecule has 1 amide bonds. The van der Waals surface area contributed by atoms with E-state index in [0.29, 0.717) is 29.3 Å². The first-order valence-corrected chi connectivity index (χ1v) is 6.78. The second-order valence-corrected chi connectivity index (χ2v) is 5.28. The molecule has 0 heterocycles. The number of amides is 1. The van der Waals surface area contributed by atoms with E-state index in [2.05, 4.69) is 5.32 Å². The van der Waals surface area contributed by atoms with Gasteiger partial charge in [0.15, 0.2) is 0 Å². The Balaban J connectivity index is 0.00000361. The summed E-state index contributed by atoms with van der Waals surface area (Å²) >= 11 is 6.09. The highest BCUT2D eigenvalue weighted by atomic mass is 35.5. The molecule has 0 saturated carbocycles. The summed E-state index contributed by atoms with van der Waals surface area (Å²) in [5.41, 5.74) is 6.27. The third-order valence-corrected chi connectivity index (χ3v) is 2.70. The van der Waals surface area contributed by atoms with Gasteiger partial charge in [-0.2, -0.15) is 0 Å². The van der Waals surface area contributed by atoms with Crippen LogP contribution in [0.15, 0.2) is 18.2 Å². The van der Waals surface area contributed by atoms with E-state index in [9.17, 15) is 4.79 Å². The lowest BCUT2D eigenvalue weighted by Crippen LogP contribution is -2.19. The number of rotatable bonds is 6. The monoisotopic (exact) mass is 320 g/mol. The largest absolute Gasteiger partial charge is 0.489 e. The summed E-state index contributed by atoms with van der Waals surface area (Å²) in [5.74, 6) is 0.552. The zero-order valence-electron chi connectivity index (χ0n) is 12.0. The molecule has 1 aromatic carbocycles. The molecular formula is C14H22Cl2N2O2. The topological polar surface area (TPSA) is 64.4 Å². The SMILES string of the molecule is CC(N)CCC(=O)Nc1ccc(OC(C)C)c(Cl)c1.Cl. The van der Waals surface area contributed by atoms with Crippen LogP contribution in [0.1, 0.15) is 33.6 Å². The van der Waals surface area contributed by atoms with Crippen LogP contribution in [0.2, 0.25) is 5.02 Å². The Morgan fingerprint density at radius 3 is 2.55 bits per heavy atom. The van der Waals surface area contributed by atoms with E-state index in [1.54, 1.807) is 18.2 Å². The van der Waals surface area contributed by atoms with Crippen molar-refractivity contribution in [2.24, 2.45) is 5.73 Å². The number of nitrogens with one attached hydrogen (secondary N) is 1. The fourth-order valence-electron chi connectivity index (χ4n) is 1.51. The highest BCUT2D eigenvalue weighted by Crippen LogP contribution is 2.28. The molecule has 0 aliphatic heterocycles. The van der Waals surface area contributed by atoms with E-state index in [-0.39, 0.29) is 30.5 Å². The third kappa shape index (κ3) is 6.98. The molecule has 0 fully saturated rings. The molecule has 6 heteroatoms. The van der Waals surface area contributed by atoms with Gasteiger partial charge in [0, 0.05) is 18.2 Å². The molecule has 0 aliphatic rings. The van der Waals surface area contributed by atoms with E-state index >= 15 is 0 Å². The molecule has 1 aromatic rings. The number of benzene rings is 1. The molecule has 4 nitrogen and oxygen atoms in total. The van der Waals surface area contributed by atoms with Crippen molar-refractivity contribution in [3.63, 3.8) is 0 Å². The fraction of sp³-hybridized carbons (Fsp3) is 0.500. The number of carbonyl (C=O) groups is 1. The Bertz CT molecular complexity index is 437. The lowest BCUT2D eigenvalue weighted by molar-refractivity contribution is -0.116. The van der Waals surface area contributed by atoms with Gasteiger partial charge in [-0.25, -0.2) is 0 Å². The second kappa shape index (κ2) is 9.06. The lowest BCUT2D eigenvalue weighted by Gasteiger charge is -2.13. The highest BCUT2D eigenvalue weighted by molar-refractivity contribution is 6.32. The number of halogens is 2. The lowest BCUT2D eigenvalue weighted by atomic mass is 10.2. The number of hydrogen-bond donors (Lipinski definition) is 2. The van der Waals surface area contributed by atoms with Gasteiger partial charge in [-0.3, -0.25) is 4.79 Å². The Kier molecular flexibility index (Phi) is 8.62. The number of nitrogens with two attached hydrogens (primary N) is 1. The summed E-state index contributed by atoms with van der Waals surface area (Å²) < 4.78 is 5.52. The average Bonchev–Trinajstić information content (AvgIpc) is 2.29. The summed E-state index contributed by atoms with van der Waals surface area (Å²) in [5, 5.41) is 3.27. The molecule has 1 atom stereocenters. The van der Waals surface area contributed by atoms with Crippen LogP contribution in [0.4, 0.5) is 5.69 Å². The van der Waals surface area contributed by atoms with Gasteiger partial charge < -0.3 is 15.8 Å². The first-order chi connectivity index (χ1) is 8.88.